The van der Waals surface area contributed by atoms with Crippen molar-refractivity contribution in [2.24, 2.45) is 0 Å². The summed E-state index contributed by atoms with van der Waals surface area (Å²) in [7, 11) is 1.65. The highest BCUT2D eigenvalue weighted by molar-refractivity contribution is 7.80. The number of rotatable bonds is 2. The van der Waals surface area contributed by atoms with Crippen molar-refractivity contribution < 1.29 is 4.74 Å². The fraction of sp³-hybridized carbons (Fsp3) is 0.364. The Morgan fingerprint density at radius 1 is 1.21 bits per heavy atom. The Balaban J connectivity index is 0.000000791. The third-order valence-corrected chi connectivity index (χ3v) is 1.51. The van der Waals surface area contributed by atoms with Crippen molar-refractivity contribution in [3.05, 3.63) is 24.3 Å². The minimum Gasteiger partial charge on any atom is -0.497 e. The second kappa shape index (κ2) is 7.33. The van der Waals surface area contributed by atoms with Crippen LogP contribution in [0.15, 0.2) is 24.3 Å². The molecule has 0 spiro atoms. The maximum atomic E-state index is 5.01. The average molecular weight is 211 g/mol. The van der Waals surface area contributed by atoms with Crippen LogP contribution in [0.3, 0.4) is 0 Å². The molecule has 1 aromatic carbocycles. The van der Waals surface area contributed by atoms with Gasteiger partial charge in [0.2, 0.25) is 0 Å². The minimum atomic E-state index is 0.764. The van der Waals surface area contributed by atoms with E-state index in [1.165, 1.54) is 0 Å². The van der Waals surface area contributed by atoms with Gasteiger partial charge in [-0.05, 0) is 31.2 Å². The topological polar surface area (TPSA) is 21.3 Å². The van der Waals surface area contributed by atoms with Crippen molar-refractivity contribution in [3.8, 4) is 5.75 Å². The van der Waals surface area contributed by atoms with Gasteiger partial charge in [-0.15, -0.1) is 0 Å². The molecule has 0 aliphatic carbocycles. The quantitative estimate of drug-likeness (QED) is 0.757. The molecule has 0 heterocycles. The molecule has 1 aromatic rings. The van der Waals surface area contributed by atoms with Gasteiger partial charge in [-0.2, -0.15) is 0 Å². The minimum absolute atomic E-state index is 0.764. The number of nitrogens with one attached hydrogen (secondary N) is 1. The predicted molar refractivity (Wildman–Crippen MR) is 66.2 cm³/mol. The van der Waals surface area contributed by atoms with E-state index in [-0.39, 0.29) is 0 Å². The molecule has 0 saturated carbocycles. The molecule has 0 atom stereocenters. The summed E-state index contributed by atoms with van der Waals surface area (Å²) in [6.07, 6.45) is 0. The van der Waals surface area contributed by atoms with Gasteiger partial charge in [-0.3, -0.25) is 0 Å². The smallest absolute Gasteiger partial charge is 0.119 e. The average Bonchev–Trinajstić information content (AvgIpc) is 2.21. The maximum absolute atomic E-state index is 5.01. The molecule has 0 bridgehead atoms. The fourth-order valence-electron chi connectivity index (χ4n) is 0.878. The summed E-state index contributed by atoms with van der Waals surface area (Å²) in [4.78, 5) is 0.764. The summed E-state index contributed by atoms with van der Waals surface area (Å²) in [5.41, 5.74) is 0.989. The highest BCUT2D eigenvalue weighted by Gasteiger charge is 1.92. The second-order valence-corrected chi connectivity index (χ2v) is 3.02. The highest BCUT2D eigenvalue weighted by atomic mass is 32.1. The van der Waals surface area contributed by atoms with Gasteiger partial charge < -0.3 is 10.1 Å². The zero-order valence-corrected chi connectivity index (χ0v) is 9.94. The molecular formula is C11H17NOS. The molecule has 0 saturated heterocycles. The van der Waals surface area contributed by atoms with Gasteiger partial charge >= 0.3 is 0 Å². The summed E-state index contributed by atoms with van der Waals surface area (Å²) >= 11 is 4.90. The van der Waals surface area contributed by atoms with Crippen LogP contribution in [0.25, 0.3) is 0 Å². The normalized spacial score (nSPS) is 8.29. The van der Waals surface area contributed by atoms with E-state index >= 15 is 0 Å². The molecule has 0 amide bonds. The summed E-state index contributed by atoms with van der Waals surface area (Å²) in [6.45, 7) is 5.85. The van der Waals surface area contributed by atoms with Gasteiger partial charge in [-0.1, -0.05) is 26.1 Å². The summed E-state index contributed by atoms with van der Waals surface area (Å²) in [5, 5.41) is 3.03. The van der Waals surface area contributed by atoms with E-state index in [0.29, 0.717) is 0 Å². The van der Waals surface area contributed by atoms with Gasteiger partial charge in [0.1, 0.15) is 5.75 Å². The first-order valence-electron chi connectivity index (χ1n) is 4.64. The maximum Gasteiger partial charge on any atom is 0.119 e. The molecule has 0 aromatic heterocycles. The van der Waals surface area contributed by atoms with Crippen molar-refractivity contribution >= 4 is 22.9 Å². The Bertz CT molecular complexity index is 269. The van der Waals surface area contributed by atoms with Crippen LogP contribution in [0.4, 0.5) is 5.69 Å². The largest absolute Gasteiger partial charge is 0.497 e. The highest BCUT2D eigenvalue weighted by Crippen LogP contribution is 2.14. The standard InChI is InChI=1S/C9H11NOS.C2H6/c1-7(12)10-8-3-5-9(11-2)6-4-8;1-2/h3-6H,1-2H3,(H,10,12);1-2H3. The van der Waals surface area contributed by atoms with Crippen molar-refractivity contribution in [1.29, 1.82) is 0 Å². The van der Waals surface area contributed by atoms with Crippen LogP contribution < -0.4 is 10.1 Å². The lowest BCUT2D eigenvalue weighted by Crippen LogP contribution is -2.02. The SMILES string of the molecule is CC.COc1ccc(NC(C)=S)cc1. The Labute approximate surface area is 91.3 Å². The zero-order valence-electron chi connectivity index (χ0n) is 9.13. The van der Waals surface area contributed by atoms with Crippen molar-refractivity contribution in [2.45, 2.75) is 20.8 Å². The molecule has 0 fully saturated rings. The zero-order chi connectivity index (χ0) is 11.0. The molecule has 2 nitrogen and oxygen atoms in total. The Morgan fingerprint density at radius 2 is 1.71 bits per heavy atom. The number of ether oxygens (including phenoxy) is 1. The molecule has 14 heavy (non-hydrogen) atoms. The van der Waals surface area contributed by atoms with E-state index in [1.807, 2.05) is 45.0 Å². The van der Waals surface area contributed by atoms with Gasteiger partial charge in [0.15, 0.2) is 0 Å². The molecule has 0 unspecified atom stereocenters. The lowest BCUT2D eigenvalue weighted by molar-refractivity contribution is 0.415. The van der Waals surface area contributed by atoms with Crippen LogP contribution in [-0.2, 0) is 0 Å². The van der Waals surface area contributed by atoms with E-state index in [1.54, 1.807) is 7.11 Å². The van der Waals surface area contributed by atoms with Crippen LogP contribution in [-0.4, -0.2) is 12.1 Å². The lowest BCUT2D eigenvalue weighted by atomic mass is 10.3. The van der Waals surface area contributed by atoms with Crippen molar-refractivity contribution in [2.75, 3.05) is 12.4 Å². The lowest BCUT2D eigenvalue weighted by Gasteiger charge is -2.04. The van der Waals surface area contributed by atoms with E-state index < -0.39 is 0 Å². The number of hydrogen-bond acceptors (Lipinski definition) is 2. The van der Waals surface area contributed by atoms with Crippen molar-refractivity contribution in [3.63, 3.8) is 0 Å². The molecule has 1 N–H and O–H groups in total. The first-order valence-corrected chi connectivity index (χ1v) is 5.05. The van der Waals surface area contributed by atoms with E-state index in [2.05, 4.69) is 5.32 Å². The van der Waals surface area contributed by atoms with Gasteiger partial charge in [0.05, 0.1) is 12.1 Å². The number of anilines is 1. The molecule has 1 rings (SSSR count). The molecular weight excluding hydrogens is 194 g/mol. The predicted octanol–water partition coefficient (Wildman–Crippen LogP) is 3.48. The summed E-state index contributed by atoms with van der Waals surface area (Å²) in [5.74, 6) is 0.850. The molecule has 0 aliphatic heterocycles. The van der Waals surface area contributed by atoms with Crippen LogP contribution >= 0.6 is 12.2 Å². The fourth-order valence-corrected chi connectivity index (χ4v) is 0.995. The number of methoxy groups -OCH3 is 1. The van der Waals surface area contributed by atoms with Crippen molar-refractivity contribution in [1.82, 2.24) is 0 Å². The number of benzene rings is 1. The van der Waals surface area contributed by atoms with E-state index in [4.69, 9.17) is 17.0 Å². The monoisotopic (exact) mass is 211 g/mol. The van der Waals surface area contributed by atoms with Crippen LogP contribution in [0, 0.1) is 0 Å². The van der Waals surface area contributed by atoms with Gasteiger partial charge in [0, 0.05) is 5.69 Å². The van der Waals surface area contributed by atoms with E-state index in [9.17, 15) is 0 Å². The Hall–Kier alpha value is -1.09. The third-order valence-electron chi connectivity index (χ3n) is 1.41. The number of hydrogen-bond donors (Lipinski definition) is 1. The second-order valence-electron chi connectivity index (χ2n) is 2.41. The Morgan fingerprint density at radius 3 is 2.07 bits per heavy atom. The van der Waals surface area contributed by atoms with Crippen LogP contribution in [0.5, 0.6) is 5.75 Å². The molecule has 3 heteroatoms. The summed E-state index contributed by atoms with van der Waals surface area (Å²) in [6, 6.07) is 7.63. The Kier molecular flexibility index (Phi) is 6.76. The van der Waals surface area contributed by atoms with Crippen LogP contribution in [0.2, 0.25) is 0 Å². The first kappa shape index (κ1) is 12.9. The van der Waals surface area contributed by atoms with E-state index in [0.717, 1.165) is 16.4 Å². The molecule has 0 aliphatic rings. The van der Waals surface area contributed by atoms with Gasteiger partial charge in [0.25, 0.3) is 0 Å². The molecule has 78 valence electrons. The van der Waals surface area contributed by atoms with Crippen LogP contribution in [0.1, 0.15) is 20.8 Å². The summed E-state index contributed by atoms with van der Waals surface area (Å²) < 4.78 is 5.01. The number of thiocarbonyl (C=S) groups is 1. The third kappa shape index (κ3) is 4.82. The first-order chi connectivity index (χ1) is 6.72. The van der Waals surface area contributed by atoms with Gasteiger partial charge in [-0.25, -0.2) is 0 Å². The molecule has 0 radical (unpaired) electrons.